The van der Waals surface area contributed by atoms with E-state index in [2.05, 4.69) is 37.2 Å². The monoisotopic (exact) mass is 993 g/mol. The Hall–Kier alpha value is -6.11. The summed E-state index contributed by atoms with van der Waals surface area (Å²) in [5.74, 6) is -12.9. The lowest BCUT2D eigenvalue weighted by atomic mass is 10.0. The fraction of sp³-hybridized carbons (Fsp3) is 0.725. The summed E-state index contributed by atoms with van der Waals surface area (Å²) in [5, 5.41) is 88.6. The van der Waals surface area contributed by atoms with Crippen LogP contribution in [0.1, 0.15) is 74.1 Å². The predicted octanol–water partition coefficient (Wildman–Crippen LogP) is -9.13. The normalized spacial score (nSPS) is 16.5. The Bertz CT molecular complexity index is 1780. The highest BCUT2D eigenvalue weighted by molar-refractivity contribution is 5.98. The maximum Gasteiger partial charge on any atom is 0.326 e. The van der Waals surface area contributed by atoms with E-state index >= 15 is 0 Å². The number of aliphatic carboxylic acids is 1. The van der Waals surface area contributed by atoms with Gasteiger partial charge in [0.25, 0.3) is 0 Å². The summed E-state index contributed by atoms with van der Waals surface area (Å²) in [6.07, 6.45) is -4.03. The quantitative estimate of drug-likeness (QED) is 0.0298. The number of nitrogens with two attached hydrogens (primary N) is 2. The van der Waals surface area contributed by atoms with Crippen LogP contribution in [0.5, 0.6) is 0 Å². The maximum atomic E-state index is 13.5. The second-order valence-electron chi connectivity index (χ2n) is 17.0. The first-order chi connectivity index (χ1) is 32.0. The van der Waals surface area contributed by atoms with Gasteiger partial charge in [-0.1, -0.05) is 27.7 Å². The number of rotatable bonds is 32. The number of carbonyl (C=O) groups is 11. The molecule has 394 valence electrons. The smallest absolute Gasteiger partial charge is 0.326 e. The number of primary amides is 1. The van der Waals surface area contributed by atoms with Crippen molar-refractivity contribution in [3.05, 3.63) is 0 Å². The minimum atomic E-state index is -1.96. The van der Waals surface area contributed by atoms with Crippen molar-refractivity contribution in [1.82, 2.24) is 47.9 Å². The van der Waals surface area contributed by atoms with Gasteiger partial charge in [-0.25, -0.2) is 4.79 Å². The van der Waals surface area contributed by atoms with E-state index in [0.717, 1.165) is 13.8 Å². The van der Waals surface area contributed by atoms with Gasteiger partial charge in [0.15, 0.2) is 0 Å². The van der Waals surface area contributed by atoms with Crippen molar-refractivity contribution >= 4 is 65.0 Å². The third-order valence-electron chi connectivity index (χ3n) is 9.87. The van der Waals surface area contributed by atoms with Crippen molar-refractivity contribution in [2.45, 2.75) is 147 Å². The zero-order valence-corrected chi connectivity index (χ0v) is 39.5. The van der Waals surface area contributed by atoms with Crippen molar-refractivity contribution in [3.8, 4) is 0 Å². The molecule has 0 radical (unpaired) electrons. The summed E-state index contributed by atoms with van der Waals surface area (Å²) < 4.78 is 0. The molecule has 0 saturated heterocycles. The van der Waals surface area contributed by atoms with E-state index in [4.69, 9.17) is 11.5 Å². The molecular formula is C40H71N11O18. The molecule has 0 heterocycles. The summed E-state index contributed by atoms with van der Waals surface area (Å²) in [6, 6.07) is -16.5. The number of amides is 10. The number of aliphatic hydroxyl groups is 6. The highest BCUT2D eigenvalue weighted by Crippen LogP contribution is 2.08. The van der Waals surface area contributed by atoms with Crippen molar-refractivity contribution in [2.24, 2.45) is 23.3 Å². The van der Waals surface area contributed by atoms with E-state index in [-0.39, 0.29) is 24.7 Å². The molecule has 0 bridgehead atoms. The van der Waals surface area contributed by atoms with Crippen LogP contribution in [0, 0.1) is 11.8 Å². The first-order valence-electron chi connectivity index (χ1n) is 21.8. The lowest BCUT2D eigenvalue weighted by Crippen LogP contribution is -2.63. The van der Waals surface area contributed by atoms with Gasteiger partial charge >= 0.3 is 5.97 Å². The molecular weight excluding hydrogens is 922 g/mol. The summed E-state index contributed by atoms with van der Waals surface area (Å²) in [6.45, 7) is 5.86. The third kappa shape index (κ3) is 22.7. The third-order valence-corrected chi connectivity index (χ3v) is 9.87. The Balaban J connectivity index is 5.98. The van der Waals surface area contributed by atoms with Gasteiger partial charge < -0.3 is 95.1 Å². The van der Waals surface area contributed by atoms with Gasteiger partial charge in [-0.05, 0) is 51.9 Å². The number of nitrogens with one attached hydrogen (secondary N) is 9. The minimum Gasteiger partial charge on any atom is -0.480 e. The van der Waals surface area contributed by atoms with Crippen LogP contribution in [0.15, 0.2) is 0 Å². The lowest BCUT2D eigenvalue weighted by molar-refractivity contribution is -0.143. The zero-order chi connectivity index (χ0) is 53.5. The van der Waals surface area contributed by atoms with Crippen LogP contribution < -0.4 is 59.3 Å². The van der Waals surface area contributed by atoms with Crippen LogP contribution in [-0.4, -0.2) is 200 Å². The highest BCUT2D eigenvalue weighted by atomic mass is 16.4. The Morgan fingerprint density at radius 3 is 1.12 bits per heavy atom. The van der Waals surface area contributed by atoms with Gasteiger partial charge in [0.1, 0.15) is 60.4 Å². The first-order valence-corrected chi connectivity index (χ1v) is 21.8. The van der Waals surface area contributed by atoms with E-state index in [1.54, 1.807) is 27.7 Å². The molecule has 0 aromatic carbocycles. The molecule has 0 aliphatic rings. The second kappa shape index (κ2) is 31.1. The Morgan fingerprint density at radius 2 is 0.754 bits per heavy atom. The van der Waals surface area contributed by atoms with Crippen molar-refractivity contribution in [1.29, 1.82) is 0 Å². The number of carboxylic acids is 1. The van der Waals surface area contributed by atoms with E-state index in [1.807, 2.05) is 10.6 Å². The highest BCUT2D eigenvalue weighted by Gasteiger charge is 2.36. The van der Waals surface area contributed by atoms with Gasteiger partial charge in [0, 0.05) is 6.42 Å². The summed E-state index contributed by atoms with van der Waals surface area (Å²) in [5.41, 5.74) is 10.9. The second-order valence-corrected chi connectivity index (χ2v) is 17.0. The summed E-state index contributed by atoms with van der Waals surface area (Å²) >= 11 is 0. The number of aliphatic hydroxyl groups excluding tert-OH is 6. The number of hydrogen-bond acceptors (Lipinski definition) is 18. The standard InChI is InChI=1S/C40H71N11O18/c1-16(2)10-22(45-38(66)29(42)19(6)56)33(61)48-25(13-53)35(63)49-26(14-54)36(64)50-27(15-55)37(65)51-30(20(7)57)39(67)44-21(8-9-28(41)58)32(60)43-18(5)31(59)47-24(12-52)34(62)46-23(40(68)69)11-17(3)4/h16-27,29-30,52-57H,8-15,42H2,1-7H3,(H2,41,58)(H,43,60)(H,44,67)(H,45,66)(H,46,62)(H,47,59)(H,48,61)(H,49,63)(H,50,64)(H,51,65)(H,68,69)/t18-,19+,20+,21-,22-,23-,24-,25-,26-,27-,29-,30-/m0/s1. The average Bonchev–Trinajstić information content (AvgIpc) is 3.26. The summed E-state index contributed by atoms with van der Waals surface area (Å²) in [4.78, 5) is 141. The van der Waals surface area contributed by atoms with Crippen LogP contribution in [0.25, 0.3) is 0 Å². The van der Waals surface area contributed by atoms with Crippen molar-refractivity contribution in [2.75, 3.05) is 26.4 Å². The molecule has 12 atom stereocenters. The molecule has 0 fully saturated rings. The van der Waals surface area contributed by atoms with Crippen molar-refractivity contribution < 1.29 is 88.5 Å². The molecule has 0 aliphatic heterocycles. The van der Waals surface area contributed by atoms with Gasteiger partial charge in [-0.15, -0.1) is 0 Å². The minimum absolute atomic E-state index is 0.0226. The SMILES string of the molecule is CC(C)C[C@H](NC(=O)[C@H](CO)NC(=O)[C@H](C)NC(=O)[C@H](CCC(N)=O)NC(=O)[C@@H](NC(=O)[C@H](CO)NC(=O)[C@H](CO)NC(=O)[C@H](CO)NC(=O)[C@H](CC(C)C)NC(=O)[C@@H](N)[C@@H](C)O)[C@@H](C)O)C(=O)O. The lowest BCUT2D eigenvalue weighted by Gasteiger charge is -2.28. The Kier molecular flexibility index (Phi) is 28.4. The average molecular weight is 994 g/mol. The molecule has 0 aromatic rings. The molecule has 0 aromatic heterocycles. The number of carbonyl (C=O) groups excluding carboxylic acids is 10. The van der Waals surface area contributed by atoms with Crippen LogP contribution >= 0.6 is 0 Å². The predicted molar refractivity (Wildman–Crippen MR) is 238 cm³/mol. The molecule has 0 unspecified atom stereocenters. The van der Waals surface area contributed by atoms with Gasteiger partial charge in [-0.2, -0.15) is 0 Å². The molecule has 0 rings (SSSR count). The topological polar surface area (TPSA) is 490 Å². The van der Waals surface area contributed by atoms with Crippen LogP contribution in [0.3, 0.4) is 0 Å². The van der Waals surface area contributed by atoms with Crippen LogP contribution in [-0.2, 0) is 52.7 Å². The zero-order valence-electron chi connectivity index (χ0n) is 39.5. The molecule has 0 spiro atoms. The van der Waals surface area contributed by atoms with Crippen LogP contribution in [0.2, 0.25) is 0 Å². The first kappa shape index (κ1) is 62.9. The van der Waals surface area contributed by atoms with Gasteiger partial charge in [-0.3, -0.25) is 47.9 Å². The largest absolute Gasteiger partial charge is 0.480 e. The van der Waals surface area contributed by atoms with E-state index in [0.29, 0.717) is 0 Å². The van der Waals surface area contributed by atoms with E-state index < -0.39 is 177 Å². The number of hydrogen-bond donors (Lipinski definition) is 18. The fourth-order valence-corrected chi connectivity index (χ4v) is 5.90. The molecule has 0 aliphatic carbocycles. The summed E-state index contributed by atoms with van der Waals surface area (Å²) in [7, 11) is 0. The molecule has 29 nitrogen and oxygen atoms in total. The van der Waals surface area contributed by atoms with E-state index in [9.17, 15) is 88.5 Å². The van der Waals surface area contributed by atoms with Gasteiger partial charge in [0.2, 0.25) is 59.1 Å². The maximum absolute atomic E-state index is 13.5. The molecule has 20 N–H and O–H groups in total. The molecule has 69 heavy (non-hydrogen) atoms. The van der Waals surface area contributed by atoms with Crippen LogP contribution in [0.4, 0.5) is 0 Å². The molecule has 0 saturated carbocycles. The molecule has 29 heteroatoms. The van der Waals surface area contributed by atoms with Crippen molar-refractivity contribution in [3.63, 3.8) is 0 Å². The Labute approximate surface area is 397 Å². The van der Waals surface area contributed by atoms with E-state index in [1.165, 1.54) is 6.92 Å². The Morgan fingerprint density at radius 1 is 0.420 bits per heavy atom. The van der Waals surface area contributed by atoms with Gasteiger partial charge in [0.05, 0.1) is 38.6 Å². The molecule has 10 amide bonds. The number of carboxylic acid groups (broad SMARTS) is 1. The fourth-order valence-electron chi connectivity index (χ4n) is 5.90.